The molecule has 0 aromatic carbocycles. The topological polar surface area (TPSA) is 265 Å². The van der Waals surface area contributed by atoms with Gasteiger partial charge in [0.25, 0.3) is 0 Å². The maximum Gasteiger partial charge on any atom is 0.168 e. The van der Waals surface area contributed by atoms with Crippen LogP contribution in [-0.2, 0) is 9.13 Å². The fourth-order valence-corrected chi connectivity index (χ4v) is 9.01. The average molecular weight is 1030 g/mol. The van der Waals surface area contributed by atoms with E-state index >= 15 is 0 Å². The van der Waals surface area contributed by atoms with Crippen LogP contribution in [0.25, 0.3) is 0 Å². The zero-order chi connectivity index (χ0) is 53.2. The molecule has 16 nitrogen and oxygen atoms in total. The Balaban J connectivity index is -0.000000409. The highest BCUT2D eigenvalue weighted by Gasteiger charge is 2.36. The van der Waals surface area contributed by atoms with Crippen molar-refractivity contribution >= 4 is 15.2 Å². The second kappa shape index (κ2) is 44.4. The summed E-state index contributed by atoms with van der Waals surface area (Å²) in [6.07, 6.45) is 33.5. The number of hydrogen-bond acceptors (Lipinski definition) is 12. The predicted octanol–water partition coefficient (Wildman–Crippen LogP) is 5.95. The fourth-order valence-electron chi connectivity index (χ4n) is 7.77. The second-order valence-corrected chi connectivity index (χ2v) is 25.6. The number of rotatable bonds is 41. The van der Waals surface area contributed by atoms with Crippen molar-refractivity contribution in [3.63, 3.8) is 0 Å². The molecule has 0 aromatic rings. The van der Waals surface area contributed by atoms with Gasteiger partial charge < -0.3 is 77.9 Å². The molecule has 416 valence electrons. The van der Waals surface area contributed by atoms with Crippen LogP contribution in [0, 0.1) is 0 Å². The van der Waals surface area contributed by atoms with Crippen molar-refractivity contribution in [2.24, 2.45) is 0 Å². The molecule has 0 aliphatic rings. The average Bonchev–Trinajstić information content (AvgIpc) is 3.20. The highest BCUT2D eigenvalue weighted by atomic mass is 31.2. The first-order valence-electron chi connectivity index (χ1n) is 26.7. The minimum Gasteiger partial charge on any atom is -0.808 e. The van der Waals surface area contributed by atoms with Gasteiger partial charge in [0, 0.05) is 0 Å². The number of hydrogen-bond donors (Lipinski definition) is 8. The minimum atomic E-state index is -5.76. The van der Waals surface area contributed by atoms with Gasteiger partial charge in [0.1, 0.15) is 57.6 Å². The van der Waals surface area contributed by atoms with E-state index in [0.717, 1.165) is 58.2 Å². The molecule has 0 saturated carbocycles. The van der Waals surface area contributed by atoms with E-state index in [1.165, 1.54) is 135 Å². The predicted molar refractivity (Wildman–Crippen MR) is 275 cm³/mol. The summed E-state index contributed by atoms with van der Waals surface area (Å²) in [7, 11) is 1.04. The molecule has 0 fully saturated rings. The second-order valence-electron chi connectivity index (χ2n) is 21.4. The standard InChI is InChI=1S/3C16H36NO2.C2H8O7P2/c3*1-4-5-6-7-8-9-10-11-12-16(19)15-17(2,3)13-14-18;1-2(3,10(4,5)6)11(7,8)9/h3*16,18-19H,4-15H2,1-3H3;3H,1H3,(H2,4,5,6)(H2,7,8,9)/q3*+1;/p-3. The number of quaternary nitrogens is 3. The van der Waals surface area contributed by atoms with Crippen LogP contribution in [0.15, 0.2) is 0 Å². The van der Waals surface area contributed by atoms with Crippen LogP contribution in [0.5, 0.6) is 0 Å². The van der Waals surface area contributed by atoms with E-state index in [1.54, 1.807) is 0 Å². The molecule has 0 aliphatic carbocycles. The summed E-state index contributed by atoms with van der Waals surface area (Å²) in [6.45, 7) is 11.9. The first kappa shape index (κ1) is 74.4. The maximum atomic E-state index is 10.1. The van der Waals surface area contributed by atoms with Gasteiger partial charge in [-0.25, -0.2) is 0 Å². The Bertz CT molecular complexity index is 1070. The van der Waals surface area contributed by atoms with Crippen molar-refractivity contribution in [1.82, 2.24) is 0 Å². The highest BCUT2D eigenvalue weighted by Crippen LogP contribution is 2.60. The van der Waals surface area contributed by atoms with Crippen LogP contribution in [-0.4, -0.2) is 179 Å². The van der Waals surface area contributed by atoms with E-state index in [-0.39, 0.29) is 45.1 Å². The van der Waals surface area contributed by atoms with E-state index in [4.69, 9.17) is 25.3 Å². The molecule has 0 aromatic heterocycles. The molecule has 5 unspecified atom stereocenters. The lowest BCUT2D eigenvalue weighted by Crippen LogP contribution is -2.47. The Hall–Kier alpha value is -0.100. The molecule has 0 bridgehead atoms. The van der Waals surface area contributed by atoms with E-state index in [0.29, 0.717) is 33.1 Å². The van der Waals surface area contributed by atoms with Gasteiger partial charge in [-0.05, 0) is 33.8 Å². The molecule has 68 heavy (non-hydrogen) atoms. The molecule has 5 atom stereocenters. The van der Waals surface area contributed by atoms with Crippen LogP contribution < -0.4 is 14.7 Å². The summed E-state index contributed by atoms with van der Waals surface area (Å²) >= 11 is 0. The lowest BCUT2D eigenvalue weighted by molar-refractivity contribution is -0.893. The van der Waals surface area contributed by atoms with Crippen LogP contribution in [0.1, 0.15) is 201 Å². The molecule has 0 rings (SSSR count). The molecule has 18 heteroatoms. The third kappa shape index (κ3) is 49.5. The normalized spacial score (nSPS) is 15.4. The van der Waals surface area contributed by atoms with Crippen molar-refractivity contribution in [3.05, 3.63) is 0 Å². The van der Waals surface area contributed by atoms with Gasteiger partial charge in [-0.15, -0.1) is 0 Å². The van der Waals surface area contributed by atoms with Gasteiger partial charge >= 0.3 is 0 Å². The van der Waals surface area contributed by atoms with Gasteiger partial charge in [-0.1, -0.05) is 175 Å². The molecular formula is C50H113N3O13P2. The Morgan fingerprint density at radius 2 is 0.618 bits per heavy atom. The first-order chi connectivity index (χ1) is 31.5. The van der Waals surface area contributed by atoms with Crippen LogP contribution in [0.4, 0.5) is 0 Å². The third-order valence-electron chi connectivity index (χ3n) is 12.5. The quantitative estimate of drug-likeness (QED) is 0.0200. The zero-order valence-corrected chi connectivity index (χ0v) is 47.3. The maximum absolute atomic E-state index is 10.1. The van der Waals surface area contributed by atoms with E-state index < -0.39 is 20.3 Å². The first-order valence-corrected chi connectivity index (χ1v) is 29.8. The van der Waals surface area contributed by atoms with Gasteiger partial charge in [0.05, 0.1) is 62.1 Å². The molecule has 0 saturated heterocycles. The van der Waals surface area contributed by atoms with Crippen molar-refractivity contribution in [2.75, 3.05) is 101 Å². The third-order valence-corrected chi connectivity index (χ3v) is 16.1. The summed E-state index contributed by atoms with van der Waals surface area (Å²) < 4.78 is 22.2. The Labute approximate surface area is 417 Å². The molecule has 0 radical (unpaired) electrons. The van der Waals surface area contributed by atoms with Gasteiger partial charge in [0.2, 0.25) is 0 Å². The summed E-state index contributed by atoms with van der Waals surface area (Å²) in [6, 6.07) is 0. The Kier molecular flexibility index (Phi) is 48.6. The molecule has 0 spiro atoms. The van der Waals surface area contributed by atoms with Gasteiger partial charge in [0.15, 0.2) is 12.7 Å². The lowest BCUT2D eigenvalue weighted by Gasteiger charge is -2.47. The summed E-state index contributed by atoms with van der Waals surface area (Å²) in [5.41, 5.74) is 0. The van der Waals surface area contributed by atoms with Crippen LogP contribution in [0.3, 0.4) is 0 Å². The van der Waals surface area contributed by atoms with Gasteiger partial charge in [-0.3, -0.25) is 0 Å². The fraction of sp³-hybridized carbons (Fsp3) is 1.00. The summed E-state index contributed by atoms with van der Waals surface area (Å²) in [4.78, 5) is 38.1. The Morgan fingerprint density at radius 1 is 0.426 bits per heavy atom. The monoisotopic (exact) mass is 1030 g/mol. The van der Waals surface area contributed by atoms with Crippen molar-refractivity contribution in [1.29, 1.82) is 0 Å². The summed E-state index contributed by atoms with van der Waals surface area (Å²) in [5, 5.41) is 61.7. The van der Waals surface area contributed by atoms with Crippen molar-refractivity contribution in [3.8, 4) is 0 Å². The SMILES string of the molecule is CC(O)(P(=O)([O-])[O-])P(=O)([O-])O.CCCCCCCCCCC(O)C[N+](C)(C)CCO.CCCCCCCCCCC(O)C[N+](C)(C)CCO.CCCCCCCCCCC(O)C[N+](C)(C)CCO. The molecule has 8 N–H and O–H groups in total. The molecule has 0 aliphatic heterocycles. The van der Waals surface area contributed by atoms with Gasteiger partial charge in [-0.2, -0.15) is 0 Å². The summed E-state index contributed by atoms with van der Waals surface area (Å²) in [5.74, 6) is 0. The zero-order valence-electron chi connectivity index (χ0n) is 45.5. The number of nitrogens with zero attached hydrogens (tertiary/aromatic N) is 3. The highest BCUT2D eigenvalue weighted by molar-refractivity contribution is 7.69. The molecule has 0 amide bonds. The van der Waals surface area contributed by atoms with Crippen molar-refractivity contribution < 1.29 is 77.9 Å². The minimum absolute atomic E-state index is 0.192. The number of likely N-dealkylation sites (N-methyl/N-ethyl adjacent to an activating group) is 3. The molecular weight excluding hydrogens is 913 g/mol. The van der Waals surface area contributed by atoms with E-state index in [2.05, 4.69) is 63.1 Å². The van der Waals surface area contributed by atoms with Crippen LogP contribution in [0.2, 0.25) is 0 Å². The van der Waals surface area contributed by atoms with Crippen molar-refractivity contribution in [2.45, 2.75) is 224 Å². The smallest absolute Gasteiger partial charge is 0.168 e. The molecule has 0 heterocycles. The van der Waals surface area contributed by atoms with E-state index in [9.17, 15) is 39.1 Å². The largest absolute Gasteiger partial charge is 0.808 e. The lowest BCUT2D eigenvalue weighted by atomic mass is 10.1. The van der Waals surface area contributed by atoms with Crippen LogP contribution >= 0.6 is 15.2 Å². The number of aliphatic hydroxyl groups excluding tert-OH is 6. The van der Waals surface area contributed by atoms with E-state index in [1.807, 2.05) is 0 Å². The number of unbranched alkanes of at least 4 members (excludes halogenated alkanes) is 21. The number of aliphatic hydroxyl groups is 7. The Morgan fingerprint density at radius 3 is 0.765 bits per heavy atom.